The number of hydrogen-bond donors (Lipinski definition) is 1. The predicted octanol–water partition coefficient (Wildman–Crippen LogP) is 4.02. The normalized spacial score (nSPS) is 18.9. The third-order valence-electron chi connectivity index (χ3n) is 4.60. The van der Waals surface area contributed by atoms with Gasteiger partial charge in [0, 0.05) is 0 Å². The molecule has 1 unspecified atom stereocenters. The van der Waals surface area contributed by atoms with Gasteiger partial charge >= 0.3 is 0 Å². The Morgan fingerprint density at radius 2 is 1.89 bits per heavy atom. The summed E-state index contributed by atoms with van der Waals surface area (Å²) in [6.07, 6.45) is 8.22. The van der Waals surface area contributed by atoms with Gasteiger partial charge in [-0.15, -0.1) is 0 Å². The predicted molar refractivity (Wildman–Crippen MR) is 80.7 cm³/mol. The molecule has 0 aliphatic heterocycles. The Balaban J connectivity index is 2.20. The molecule has 2 N–H and O–H groups in total. The second-order valence-electron chi connectivity index (χ2n) is 5.82. The average molecular weight is 261 g/mol. The Kier molecular flexibility index (Phi) is 5.26. The number of methoxy groups -OCH3 is 1. The number of benzene rings is 1. The summed E-state index contributed by atoms with van der Waals surface area (Å²) in [5.74, 6) is 2.22. The first-order valence-corrected chi connectivity index (χ1v) is 7.61. The monoisotopic (exact) mass is 261 g/mol. The van der Waals surface area contributed by atoms with E-state index in [4.69, 9.17) is 10.5 Å². The molecule has 0 radical (unpaired) electrons. The minimum atomic E-state index is 0.518. The molecule has 0 bridgehead atoms. The van der Waals surface area contributed by atoms with E-state index in [1.165, 1.54) is 49.7 Å². The van der Waals surface area contributed by atoms with Gasteiger partial charge in [0.25, 0.3) is 0 Å². The van der Waals surface area contributed by atoms with Crippen LogP contribution in [0.1, 0.15) is 55.6 Å². The zero-order valence-corrected chi connectivity index (χ0v) is 12.3. The second-order valence-corrected chi connectivity index (χ2v) is 5.82. The van der Waals surface area contributed by atoms with Crippen LogP contribution < -0.4 is 10.5 Å². The first-order chi connectivity index (χ1) is 9.26. The number of aryl methyl sites for hydroxylation is 1. The lowest BCUT2D eigenvalue weighted by atomic mass is 9.80. The van der Waals surface area contributed by atoms with Gasteiger partial charge in [-0.25, -0.2) is 0 Å². The highest BCUT2D eigenvalue weighted by Gasteiger charge is 2.24. The van der Waals surface area contributed by atoms with E-state index in [1.54, 1.807) is 7.11 Å². The van der Waals surface area contributed by atoms with Crippen LogP contribution in [0.4, 0.5) is 0 Å². The highest BCUT2D eigenvalue weighted by atomic mass is 16.5. The lowest BCUT2D eigenvalue weighted by molar-refractivity contribution is 0.378. The van der Waals surface area contributed by atoms with E-state index in [0.717, 1.165) is 18.2 Å². The van der Waals surface area contributed by atoms with Crippen LogP contribution in [0, 0.1) is 12.8 Å². The van der Waals surface area contributed by atoms with Crippen LogP contribution in [-0.2, 0) is 0 Å². The van der Waals surface area contributed by atoms with Crippen LogP contribution in [0.15, 0.2) is 18.2 Å². The number of ether oxygens (including phenoxy) is 1. The summed E-state index contributed by atoms with van der Waals surface area (Å²) in [5, 5.41) is 0. The van der Waals surface area contributed by atoms with E-state index >= 15 is 0 Å². The first-order valence-electron chi connectivity index (χ1n) is 7.61. The van der Waals surface area contributed by atoms with Crippen LogP contribution in [0.25, 0.3) is 0 Å². The summed E-state index contributed by atoms with van der Waals surface area (Å²) >= 11 is 0. The summed E-state index contributed by atoms with van der Waals surface area (Å²) in [4.78, 5) is 0. The molecule has 2 heteroatoms. The van der Waals surface area contributed by atoms with Crippen LogP contribution in [0.3, 0.4) is 0 Å². The quantitative estimate of drug-likeness (QED) is 0.831. The van der Waals surface area contributed by atoms with Gasteiger partial charge in [-0.05, 0) is 61.4 Å². The van der Waals surface area contributed by atoms with E-state index in [1.807, 2.05) is 0 Å². The number of hydrogen-bond acceptors (Lipinski definition) is 2. The first kappa shape index (κ1) is 14.4. The lowest BCUT2D eigenvalue weighted by Crippen LogP contribution is -2.22. The maximum atomic E-state index is 6.09. The largest absolute Gasteiger partial charge is 0.497 e. The Morgan fingerprint density at radius 1 is 1.21 bits per heavy atom. The number of rotatable bonds is 4. The zero-order chi connectivity index (χ0) is 13.7. The average Bonchev–Trinajstić information content (AvgIpc) is 2.70. The maximum Gasteiger partial charge on any atom is 0.119 e. The molecule has 1 aromatic rings. The molecule has 0 aromatic heterocycles. The van der Waals surface area contributed by atoms with Crippen molar-refractivity contribution in [1.82, 2.24) is 0 Å². The molecular weight excluding hydrogens is 234 g/mol. The summed E-state index contributed by atoms with van der Waals surface area (Å²) in [5.41, 5.74) is 8.84. The van der Waals surface area contributed by atoms with Crippen molar-refractivity contribution in [3.05, 3.63) is 29.3 Å². The molecular formula is C17H27NO. The minimum Gasteiger partial charge on any atom is -0.497 e. The summed E-state index contributed by atoms with van der Waals surface area (Å²) in [6.45, 7) is 2.94. The third kappa shape index (κ3) is 3.50. The zero-order valence-electron chi connectivity index (χ0n) is 12.3. The molecule has 106 valence electrons. The molecule has 1 aromatic carbocycles. The van der Waals surface area contributed by atoms with Gasteiger partial charge in [0.1, 0.15) is 5.75 Å². The van der Waals surface area contributed by atoms with Crippen molar-refractivity contribution in [2.45, 2.75) is 51.4 Å². The smallest absolute Gasteiger partial charge is 0.119 e. The van der Waals surface area contributed by atoms with Gasteiger partial charge in [-0.1, -0.05) is 31.7 Å². The van der Waals surface area contributed by atoms with Crippen molar-refractivity contribution in [1.29, 1.82) is 0 Å². The number of nitrogens with two attached hydrogens (primary N) is 1. The molecule has 0 spiro atoms. The molecule has 1 atom stereocenters. The fourth-order valence-electron chi connectivity index (χ4n) is 3.48. The molecule has 1 aliphatic rings. The van der Waals surface area contributed by atoms with Crippen LogP contribution in [0.5, 0.6) is 5.75 Å². The Labute approximate surface area is 117 Å². The summed E-state index contributed by atoms with van der Waals surface area (Å²) in [7, 11) is 1.72. The van der Waals surface area contributed by atoms with E-state index in [9.17, 15) is 0 Å². The van der Waals surface area contributed by atoms with Crippen molar-refractivity contribution in [3.63, 3.8) is 0 Å². The fraction of sp³-hybridized carbons (Fsp3) is 0.647. The molecule has 2 nitrogen and oxygen atoms in total. The third-order valence-corrected chi connectivity index (χ3v) is 4.60. The molecule has 19 heavy (non-hydrogen) atoms. The SMILES string of the molecule is COc1ccc(C(CN)C2CCCCCC2)c(C)c1. The standard InChI is InChI=1S/C17H27NO/c1-13-11-15(19-2)9-10-16(13)17(12-18)14-7-5-3-4-6-8-14/h9-11,14,17H,3-8,12,18H2,1-2H3. The Morgan fingerprint density at radius 3 is 2.42 bits per heavy atom. The van der Waals surface area contributed by atoms with Crippen molar-refractivity contribution in [3.8, 4) is 5.75 Å². The lowest BCUT2D eigenvalue weighted by Gasteiger charge is -2.27. The molecule has 2 rings (SSSR count). The minimum absolute atomic E-state index is 0.518. The van der Waals surface area contributed by atoms with E-state index in [2.05, 4.69) is 25.1 Å². The van der Waals surface area contributed by atoms with Gasteiger partial charge in [-0.2, -0.15) is 0 Å². The Bertz CT molecular complexity index is 394. The summed E-state index contributed by atoms with van der Waals surface area (Å²) < 4.78 is 5.30. The summed E-state index contributed by atoms with van der Waals surface area (Å²) in [6, 6.07) is 6.42. The van der Waals surface area contributed by atoms with Crippen LogP contribution >= 0.6 is 0 Å². The van der Waals surface area contributed by atoms with E-state index in [-0.39, 0.29) is 0 Å². The highest BCUT2D eigenvalue weighted by molar-refractivity contribution is 5.37. The van der Waals surface area contributed by atoms with Crippen LogP contribution in [0.2, 0.25) is 0 Å². The van der Waals surface area contributed by atoms with Gasteiger partial charge in [-0.3, -0.25) is 0 Å². The van der Waals surface area contributed by atoms with Gasteiger partial charge in [0.15, 0.2) is 0 Å². The molecule has 1 aliphatic carbocycles. The van der Waals surface area contributed by atoms with Gasteiger partial charge in [0.2, 0.25) is 0 Å². The topological polar surface area (TPSA) is 35.2 Å². The molecule has 1 fully saturated rings. The molecule has 0 heterocycles. The van der Waals surface area contributed by atoms with Crippen molar-refractivity contribution in [2.75, 3.05) is 13.7 Å². The van der Waals surface area contributed by atoms with Crippen molar-refractivity contribution in [2.24, 2.45) is 11.7 Å². The van der Waals surface area contributed by atoms with E-state index < -0.39 is 0 Å². The molecule has 1 saturated carbocycles. The van der Waals surface area contributed by atoms with Crippen molar-refractivity contribution < 1.29 is 4.74 Å². The molecule has 0 saturated heterocycles. The second kappa shape index (κ2) is 6.95. The Hall–Kier alpha value is -1.02. The fourth-order valence-corrected chi connectivity index (χ4v) is 3.48. The van der Waals surface area contributed by atoms with Crippen LogP contribution in [-0.4, -0.2) is 13.7 Å². The molecule has 0 amide bonds. The van der Waals surface area contributed by atoms with Crippen molar-refractivity contribution >= 4 is 0 Å². The maximum absolute atomic E-state index is 6.09. The van der Waals surface area contributed by atoms with Gasteiger partial charge in [0.05, 0.1) is 7.11 Å². The van der Waals surface area contributed by atoms with E-state index in [0.29, 0.717) is 5.92 Å². The highest BCUT2D eigenvalue weighted by Crippen LogP contribution is 2.36. The van der Waals surface area contributed by atoms with Gasteiger partial charge < -0.3 is 10.5 Å².